The molecule has 2 nitrogen and oxygen atoms in total. The molecular weight excluding hydrogens is 268 g/mol. The highest BCUT2D eigenvalue weighted by molar-refractivity contribution is 6.30. The standard InChI is InChI=1S/C17H15ClN2/c18-15-9-7-14(8-10-15)16-12-19-17(20-16)11-6-13-4-2-1-3-5-13/h1-5,7-10,12H,6,11H2,(H,19,20). The maximum absolute atomic E-state index is 5.90. The minimum atomic E-state index is 0.748. The molecule has 0 spiro atoms. The van der Waals surface area contributed by atoms with Crippen molar-refractivity contribution in [1.29, 1.82) is 0 Å². The van der Waals surface area contributed by atoms with Gasteiger partial charge in [0.25, 0.3) is 0 Å². The molecule has 0 aliphatic rings. The van der Waals surface area contributed by atoms with Crippen molar-refractivity contribution in [1.82, 2.24) is 9.97 Å². The Balaban J connectivity index is 1.69. The van der Waals surface area contributed by atoms with Gasteiger partial charge in [0.2, 0.25) is 0 Å². The van der Waals surface area contributed by atoms with E-state index in [-0.39, 0.29) is 0 Å². The fourth-order valence-electron chi connectivity index (χ4n) is 2.17. The first kappa shape index (κ1) is 12.9. The highest BCUT2D eigenvalue weighted by Crippen LogP contribution is 2.20. The molecule has 3 aromatic rings. The Hall–Kier alpha value is -2.06. The summed E-state index contributed by atoms with van der Waals surface area (Å²) in [6.45, 7) is 0. The average molecular weight is 283 g/mol. The van der Waals surface area contributed by atoms with Crippen LogP contribution in [0.1, 0.15) is 11.4 Å². The summed E-state index contributed by atoms with van der Waals surface area (Å²) in [5.74, 6) is 1.01. The Morgan fingerprint density at radius 3 is 2.40 bits per heavy atom. The van der Waals surface area contributed by atoms with Crippen LogP contribution in [-0.2, 0) is 12.8 Å². The number of aromatic nitrogens is 2. The second kappa shape index (κ2) is 5.93. The maximum Gasteiger partial charge on any atom is 0.106 e. The number of aryl methyl sites for hydroxylation is 2. The lowest BCUT2D eigenvalue weighted by Crippen LogP contribution is -1.93. The molecule has 0 bridgehead atoms. The Kier molecular flexibility index (Phi) is 3.84. The molecule has 1 N–H and O–H groups in total. The molecule has 0 atom stereocenters. The van der Waals surface area contributed by atoms with E-state index in [9.17, 15) is 0 Å². The molecule has 0 saturated carbocycles. The summed E-state index contributed by atoms with van der Waals surface area (Å²) in [6.07, 6.45) is 3.79. The van der Waals surface area contributed by atoms with Crippen LogP contribution in [0.3, 0.4) is 0 Å². The van der Waals surface area contributed by atoms with Crippen LogP contribution < -0.4 is 0 Å². The molecule has 2 aromatic carbocycles. The van der Waals surface area contributed by atoms with Gasteiger partial charge in [0.05, 0.1) is 11.9 Å². The summed E-state index contributed by atoms with van der Waals surface area (Å²) in [6, 6.07) is 18.2. The molecule has 3 heteroatoms. The SMILES string of the molecule is Clc1ccc(-c2cnc(CCc3ccccc3)[nH]2)cc1. The Morgan fingerprint density at radius 2 is 1.65 bits per heavy atom. The van der Waals surface area contributed by atoms with E-state index in [2.05, 4.69) is 34.2 Å². The van der Waals surface area contributed by atoms with Crippen LogP contribution in [0.15, 0.2) is 60.8 Å². The second-order valence-corrected chi connectivity index (χ2v) is 5.17. The molecule has 0 radical (unpaired) electrons. The first-order valence-corrected chi connectivity index (χ1v) is 7.03. The quantitative estimate of drug-likeness (QED) is 0.749. The van der Waals surface area contributed by atoms with Gasteiger partial charge in [-0.25, -0.2) is 4.98 Å². The highest BCUT2D eigenvalue weighted by Gasteiger charge is 2.03. The van der Waals surface area contributed by atoms with Crippen molar-refractivity contribution in [2.75, 3.05) is 0 Å². The smallest absolute Gasteiger partial charge is 0.106 e. The van der Waals surface area contributed by atoms with Crippen molar-refractivity contribution in [3.8, 4) is 11.3 Å². The van der Waals surface area contributed by atoms with Gasteiger partial charge in [-0.15, -0.1) is 0 Å². The number of hydrogen-bond acceptors (Lipinski definition) is 1. The number of hydrogen-bond donors (Lipinski definition) is 1. The lowest BCUT2D eigenvalue weighted by Gasteiger charge is -1.99. The molecule has 0 aliphatic carbocycles. The summed E-state index contributed by atoms with van der Waals surface area (Å²) >= 11 is 5.90. The average Bonchev–Trinajstić information content (AvgIpc) is 2.96. The monoisotopic (exact) mass is 282 g/mol. The zero-order valence-corrected chi connectivity index (χ0v) is 11.8. The largest absolute Gasteiger partial charge is 0.342 e. The van der Waals surface area contributed by atoms with E-state index in [1.54, 1.807) is 0 Å². The number of nitrogens with one attached hydrogen (secondary N) is 1. The molecule has 1 aromatic heterocycles. The van der Waals surface area contributed by atoms with Crippen LogP contribution in [0.25, 0.3) is 11.3 Å². The van der Waals surface area contributed by atoms with Gasteiger partial charge in [-0.2, -0.15) is 0 Å². The first-order valence-electron chi connectivity index (χ1n) is 6.65. The minimum absolute atomic E-state index is 0.748. The van der Waals surface area contributed by atoms with E-state index < -0.39 is 0 Å². The number of benzene rings is 2. The van der Waals surface area contributed by atoms with Crippen molar-refractivity contribution in [3.05, 3.63) is 77.2 Å². The van der Waals surface area contributed by atoms with E-state index >= 15 is 0 Å². The Labute approximate surface area is 123 Å². The van der Waals surface area contributed by atoms with Crippen LogP contribution in [0.5, 0.6) is 0 Å². The van der Waals surface area contributed by atoms with Crippen molar-refractivity contribution < 1.29 is 0 Å². The molecule has 100 valence electrons. The van der Waals surface area contributed by atoms with Gasteiger partial charge < -0.3 is 4.98 Å². The van der Waals surface area contributed by atoms with Crippen molar-refractivity contribution in [2.45, 2.75) is 12.8 Å². The van der Waals surface area contributed by atoms with Crippen molar-refractivity contribution >= 4 is 11.6 Å². The lowest BCUT2D eigenvalue weighted by atomic mass is 10.1. The molecule has 3 rings (SSSR count). The van der Waals surface area contributed by atoms with Crippen LogP contribution >= 0.6 is 11.6 Å². The van der Waals surface area contributed by atoms with Crippen LogP contribution in [0.4, 0.5) is 0 Å². The molecule has 1 heterocycles. The molecule has 0 saturated heterocycles. The van der Waals surface area contributed by atoms with Gasteiger partial charge in [0.15, 0.2) is 0 Å². The number of aromatic amines is 1. The predicted octanol–water partition coefficient (Wildman–Crippen LogP) is 4.52. The fourth-order valence-corrected chi connectivity index (χ4v) is 2.30. The summed E-state index contributed by atoms with van der Waals surface area (Å²) in [5, 5.41) is 0.748. The van der Waals surface area contributed by atoms with Gasteiger partial charge in [-0.05, 0) is 29.7 Å². The Morgan fingerprint density at radius 1 is 0.900 bits per heavy atom. The van der Waals surface area contributed by atoms with E-state index in [1.165, 1.54) is 5.56 Å². The van der Waals surface area contributed by atoms with E-state index in [0.717, 1.165) is 34.9 Å². The van der Waals surface area contributed by atoms with E-state index in [0.29, 0.717) is 0 Å². The topological polar surface area (TPSA) is 28.7 Å². The molecule has 20 heavy (non-hydrogen) atoms. The van der Waals surface area contributed by atoms with Gasteiger partial charge in [0.1, 0.15) is 5.82 Å². The van der Waals surface area contributed by atoms with E-state index in [4.69, 9.17) is 11.6 Å². The maximum atomic E-state index is 5.90. The summed E-state index contributed by atoms with van der Waals surface area (Å²) < 4.78 is 0. The molecule has 0 fully saturated rings. The molecule has 0 amide bonds. The highest BCUT2D eigenvalue weighted by atomic mass is 35.5. The zero-order chi connectivity index (χ0) is 13.8. The van der Waals surface area contributed by atoms with Crippen LogP contribution in [-0.4, -0.2) is 9.97 Å². The zero-order valence-electron chi connectivity index (χ0n) is 11.0. The van der Waals surface area contributed by atoms with Crippen molar-refractivity contribution in [2.24, 2.45) is 0 Å². The molecule has 0 unspecified atom stereocenters. The third-order valence-electron chi connectivity index (χ3n) is 3.28. The van der Waals surface area contributed by atoms with Crippen LogP contribution in [0.2, 0.25) is 5.02 Å². The number of imidazole rings is 1. The van der Waals surface area contributed by atoms with Crippen molar-refractivity contribution in [3.63, 3.8) is 0 Å². The summed E-state index contributed by atoms with van der Waals surface area (Å²) in [4.78, 5) is 7.81. The molecular formula is C17H15ClN2. The van der Waals surface area contributed by atoms with Gasteiger partial charge in [-0.3, -0.25) is 0 Å². The van der Waals surface area contributed by atoms with E-state index in [1.807, 2.05) is 36.5 Å². The lowest BCUT2D eigenvalue weighted by molar-refractivity contribution is 0.885. The second-order valence-electron chi connectivity index (χ2n) is 4.74. The molecule has 0 aliphatic heterocycles. The Bertz CT molecular complexity index is 672. The number of H-pyrrole nitrogens is 1. The number of halogens is 1. The summed E-state index contributed by atoms with van der Waals surface area (Å²) in [7, 11) is 0. The first-order chi connectivity index (χ1) is 9.81. The minimum Gasteiger partial charge on any atom is -0.342 e. The number of nitrogens with zero attached hydrogens (tertiary/aromatic N) is 1. The third-order valence-corrected chi connectivity index (χ3v) is 3.53. The summed E-state index contributed by atoms with van der Waals surface area (Å²) in [5.41, 5.74) is 3.47. The number of rotatable bonds is 4. The third kappa shape index (κ3) is 3.09. The normalized spacial score (nSPS) is 10.7. The van der Waals surface area contributed by atoms with Gasteiger partial charge in [-0.1, -0.05) is 54.1 Å². The predicted molar refractivity (Wildman–Crippen MR) is 82.9 cm³/mol. The van der Waals surface area contributed by atoms with Gasteiger partial charge >= 0.3 is 0 Å². The van der Waals surface area contributed by atoms with Gasteiger partial charge in [0, 0.05) is 11.4 Å². The fraction of sp³-hybridized carbons (Fsp3) is 0.118. The van der Waals surface area contributed by atoms with Crippen LogP contribution in [0, 0.1) is 0 Å².